The summed E-state index contributed by atoms with van der Waals surface area (Å²) in [7, 11) is 0. The van der Waals surface area contributed by atoms with Crippen LogP contribution >= 0.6 is 22.7 Å². The van der Waals surface area contributed by atoms with Gasteiger partial charge in [-0.3, -0.25) is 5.43 Å². The van der Waals surface area contributed by atoms with Gasteiger partial charge < -0.3 is 4.74 Å². The summed E-state index contributed by atoms with van der Waals surface area (Å²) >= 11 is 3.08. The summed E-state index contributed by atoms with van der Waals surface area (Å²) in [5.74, 6) is 1.31. The monoisotopic (exact) mass is 419 g/mol. The van der Waals surface area contributed by atoms with Gasteiger partial charge in [-0.1, -0.05) is 12.1 Å². The zero-order chi connectivity index (χ0) is 20.2. The van der Waals surface area contributed by atoms with E-state index in [2.05, 4.69) is 32.6 Å². The van der Waals surface area contributed by atoms with Crippen molar-refractivity contribution in [2.75, 3.05) is 12.0 Å². The molecule has 1 N–H and O–H groups in total. The highest BCUT2D eigenvalue weighted by Crippen LogP contribution is 2.43. The van der Waals surface area contributed by atoms with E-state index < -0.39 is 0 Å². The predicted octanol–water partition coefficient (Wildman–Crippen LogP) is 5.44. The van der Waals surface area contributed by atoms with Gasteiger partial charge in [-0.15, -0.1) is 22.7 Å². The molecule has 1 aromatic carbocycles. The van der Waals surface area contributed by atoms with Gasteiger partial charge in [-0.2, -0.15) is 10.4 Å². The van der Waals surface area contributed by atoms with E-state index in [9.17, 15) is 5.26 Å². The van der Waals surface area contributed by atoms with Gasteiger partial charge in [0.2, 0.25) is 0 Å². The second-order valence-corrected chi connectivity index (χ2v) is 8.05. The average molecular weight is 420 g/mol. The molecule has 0 aliphatic carbocycles. The summed E-state index contributed by atoms with van der Waals surface area (Å²) in [5.41, 5.74) is 6.17. The number of ether oxygens (including phenoxy) is 1. The Bertz CT molecular complexity index is 1240. The molecule has 3 aromatic heterocycles. The number of hydrogen-bond acceptors (Lipinski definition) is 8. The Morgan fingerprint density at radius 1 is 1.28 bits per heavy atom. The van der Waals surface area contributed by atoms with Crippen molar-refractivity contribution in [1.82, 2.24) is 9.97 Å². The molecular formula is C21H17N5OS2. The zero-order valence-corrected chi connectivity index (χ0v) is 17.5. The van der Waals surface area contributed by atoms with E-state index in [1.165, 1.54) is 23.2 Å². The first-order valence-electron chi connectivity index (χ1n) is 8.96. The highest BCUT2D eigenvalue weighted by molar-refractivity contribution is 7.23. The Morgan fingerprint density at radius 3 is 2.90 bits per heavy atom. The lowest BCUT2D eigenvalue weighted by Crippen LogP contribution is -1.94. The summed E-state index contributed by atoms with van der Waals surface area (Å²) in [5, 5.41) is 16.2. The first-order chi connectivity index (χ1) is 14.2. The third-order valence-electron chi connectivity index (χ3n) is 4.27. The van der Waals surface area contributed by atoms with Gasteiger partial charge in [0.25, 0.3) is 0 Å². The highest BCUT2D eigenvalue weighted by atomic mass is 32.1. The zero-order valence-electron chi connectivity index (χ0n) is 15.8. The van der Waals surface area contributed by atoms with Crippen molar-refractivity contribution in [3.05, 3.63) is 58.0 Å². The number of anilines is 1. The number of hydrogen-bond donors (Lipinski definition) is 1. The minimum Gasteiger partial charge on any atom is -0.493 e. The molecule has 8 heteroatoms. The number of nitrogens with one attached hydrogen (secondary N) is 1. The molecule has 0 saturated heterocycles. The molecular weight excluding hydrogens is 402 g/mol. The van der Waals surface area contributed by atoms with Crippen LogP contribution in [0.4, 0.5) is 5.82 Å². The normalized spacial score (nSPS) is 11.1. The standard InChI is InChI=1S/C21H17N5OS2/c1-3-27-16-7-5-4-6-14(16)19-15(10-22)18-20(29-19)21(24-12-23-18)26-25-11-17-13(2)8-9-28-17/h4-9,11-12H,3H2,1-2H3,(H,23,24,26)/b25-11+. The number of nitriles is 1. The van der Waals surface area contributed by atoms with E-state index in [0.717, 1.165) is 25.8 Å². The Balaban J connectivity index is 1.77. The van der Waals surface area contributed by atoms with Crippen molar-refractivity contribution < 1.29 is 4.74 Å². The molecule has 4 rings (SSSR count). The third kappa shape index (κ3) is 3.70. The summed E-state index contributed by atoms with van der Waals surface area (Å²) in [6, 6.07) is 12.1. The molecule has 0 bridgehead atoms. The Morgan fingerprint density at radius 2 is 2.14 bits per heavy atom. The van der Waals surface area contributed by atoms with Gasteiger partial charge in [-0.25, -0.2) is 9.97 Å². The maximum absolute atomic E-state index is 9.82. The molecule has 0 aliphatic heterocycles. The highest BCUT2D eigenvalue weighted by Gasteiger charge is 2.20. The Hall–Kier alpha value is -3.28. The molecule has 0 aliphatic rings. The van der Waals surface area contributed by atoms with Crippen molar-refractivity contribution in [2.45, 2.75) is 13.8 Å². The number of para-hydroxylation sites is 1. The van der Waals surface area contributed by atoms with Crippen LogP contribution in [0.15, 0.2) is 47.1 Å². The maximum atomic E-state index is 9.82. The van der Waals surface area contributed by atoms with E-state index in [-0.39, 0.29) is 0 Å². The second kappa shape index (κ2) is 8.39. The molecule has 0 atom stereocenters. The van der Waals surface area contributed by atoms with Crippen molar-refractivity contribution in [3.63, 3.8) is 0 Å². The van der Waals surface area contributed by atoms with Gasteiger partial charge >= 0.3 is 0 Å². The maximum Gasteiger partial charge on any atom is 0.167 e. The number of fused-ring (bicyclic) bond motifs is 1. The van der Waals surface area contributed by atoms with Crippen LogP contribution in [0.3, 0.4) is 0 Å². The lowest BCUT2D eigenvalue weighted by atomic mass is 10.1. The number of thiophene rings is 2. The van der Waals surface area contributed by atoms with Crippen molar-refractivity contribution in [1.29, 1.82) is 5.26 Å². The van der Waals surface area contributed by atoms with E-state index in [1.807, 2.05) is 43.5 Å². The van der Waals surface area contributed by atoms with Crippen LogP contribution in [0.5, 0.6) is 5.75 Å². The summed E-state index contributed by atoms with van der Waals surface area (Å²) < 4.78 is 6.54. The van der Waals surface area contributed by atoms with E-state index >= 15 is 0 Å². The summed E-state index contributed by atoms with van der Waals surface area (Å²) in [4.78, 5) is 10.6. The van der Waals surface area contributed by atoms with Crippen molar-refractivity contribution in [3.8, 4) is 22.3 Å². The fourth-order valence-corrected chi connectivity index (χ4v) is 4.85. The third-order valence-corrected chi connectivity index (χ3v) is 6.44. The Labute approximate surface area is 176 Å². The van der Waals surface area contributed by atoms with Gasteiger partial charge in [0.1, 0.15) is 23.7 Å². The van der Waals surface area contributed by atoms with Gasteiger partial charge in [0.15, 0.2) is 5.82 Å². The lowest BCUT2D eigenvalue weighted by molar-refractivity contribution is 0.341. The molecule has 6 nitrogen and oxygen atoms in total. The molecule has 0 saturated carbocycles. The van der Waals surface area contributed by atoms with Crippen LogP contribution in [0.25, 0.3) is 20.7 Å². The minimum atomic E-state index is 0.515. The molecule has 4 aromatic rings. The molecule has 0 spiro atoms. The first kappa shape index (κ1) is 19.1. The summed E-state index contributed by atoms with van der Waals surface area (Å²) in [6.45, 7) is 4.53. The van der Waals surface area contributed by atoms with Gasteiger partial charge in [0, 0.05) is 10.4 Å². The molecule has 3 heterocycles. The largest absolute Gasteiger partial charge is 0.493 e. The SMILES string of the molecule is CCOc1ccccc1-c1sc2c(N/N=C/c3sccc3C)ncnc2c1C#N. The van der Waals surface area contributed by atoms with Crippen LogP contribution in [0.2, 0.25) is 0 Å². The molecule has 0 fully saturated rings. The molecule has 29 heavy (non-hydrogen) atoms. The second-order valence-electron chi connectivity index (χ2n) is 6.09. The predicted molar refractivity (Wildman–Crippen MR) is 119 cm³/mol. The fraction of sp³-hybridized carbons (Fsp3) is 0.143. The van der Waals surface area contributed by atoms with E-state index in [1.54, 1.807) is 17.6 Å². The van der Waals surface area contributed by atoms with Crippen LogP contribution < -0.4 is 10.2 Å². The van der Waals surface area contributed by atoms with E-state index in [4.69, 9.17) is 4.74 Å². The smallest absolute Gasteiger partial charge is 0.167 e. The average Bonchev–Trinajstić information content (AvgIpc) is 3.32. The molecule has 0 amide bonds. The van der Waals surface area contributed by atoms with Gasteiger partial charge in [-0.05, 0) is 43.0 Å². The number of aryl methyl sites for hydroxylation is 1. The number of nitrogens with zero attached hydrogens (tertiary/aromatic N) is 4. The van der Waals surface area contributed by atoms with Crippen molar-refractivity contribution >= 4 is 44.9 Å². The number of hydrazone groups is 1. The summed E-state index contributed by atoms with van der Waals surface area (Å²) in [6.07, 6.45) is 3.22. The number of benzene rings is 1. The van der Waals surface area contributed by atoms with Crippen LogP contribution in [-0.2, 0) is 0 Å². The number of aromatic nitrogens is 2. The quantitative estimate of drug-likeness (QED) is 0.332. The minimum absolute atomic E-state index is 0.515. The van der Waals surface area contributed by atoms with Crippen molar-refractivity contribution in [2.24, 2.45) is 5.10 Å². The fourth-order valence-electron chi connectivity index (χ4n) is 2.89. The van der Waals surface area contributed by atoms with Crippen LogP contribution in [-0.4, -0.2) is 22.8 Å². The topological polar surface area (TPSA) is 83.2 Å². The van der Waals surface area contributed by atoms with Crippen LogP contribution in [0.1, 0.15) is 22.9 Å². The van der Waals surface area contributed by atoms with Gasteiger partial charge in [0.05, 0.1) is 28.0 Å². The molecule has 0 radical (unpaired) electrons. The number of rotatable bonds is 6. The Kier molecular flexibility index (Phi) is 5.51. The lowest BCUT2D eigenvalue weighted by Gasteiger charge is -2.08. The first-order valence-corrected chi connectivity index (χ1v) is 10.7. The molecule has 144 valence electrons. The van der Waals surface area contributed by atoms with E-state index in [0.29, 0.717) is 23.5 Å². The molecule has 0 unspecified atom stereocenters. The van der Waals surface area contributed by atoms with Crippen LogP contribution in [0, 0.1) is 18.3 Å².